The normalized spacial score (nSPS) is 12.8. The lowest BCUT2D eigenvalue weighted by atomic mass is 10.0. The molecule has 8 heteroatoms. The first kappa shape index (κ1) is 20.9. The van der Waals surface area contributed by atoms with Gasteiger partial charge in [-0.3, -0.25) is 9.59 Å². The molecule has 0 aliphatic carbocycles. The van der Waals surface area contributed by atoms with Crippen LogP contribution in [-0.4, -0.2) is 37.3 Å². The van der Waals surface area contributed by atoms with Crippen LogP contribution in [0.15, 0.2) is 52.3 Å². The zero-order chi connectivity index (χ0) is 20.2. The van der Waals surface area contributed by atoms with E-state index in [-0.39, 0.29) is 23.4 Å². The van der Waals surface area contributed by atoms with Crippen molar-refractivity contribution in [2.24, 2.45) is 0 Å². The van der Waals surface area contributed by atoms with E-state index in [1.165, 1.54) is 26.4 Å². The van der Waals surface area contributed by atoms with Crippen LogP contribution in [-0.2, 0) is 21.4 Å². The Morgan fingerprint density at radius 2 is 1.78 bits per heavy atom. The van der Waals surface area contributed by atoms with Crippen molar-refractivity contribution in [2.45, 2.75) is 37.8 Å². The van der Waals surface area contributed by atoms with E-state index >= 15 is 0 Å². The Labute approximate surface area is 159 Å². The average Bonchev–Trinajstić information content (AvgIpc) is 2.62. The zero-order valence-electron chi connectivity index (χ0n) is 16.0. The summed E-state index contributed by atoms with van der Waals surface area (Å²) in [6.07, 6.45) is 1.89. The molecule has 1 aromatic carbocycles. The summed E-state index contributed by atoms with van der Waals surface area (Å²) in [5, 5.41) is 2.90. The van der Waals surface area contributed by atoms with E-state index in [4.69, 9.17) is 0 Å². The fourth-order valence-corrected chi connectivity index (χ4v) is 3.53. The predicted molar refractivity (Wildman–Crippen MR) is 104 cm³/mol. The molecule has 0 aliphatic heterocycles. The topological polar surface area (TPSA) is 88.5 Å². The van der Waals surface area contributed by atoms with Gasteiger partial charge < -0.3 is 9.88 Å². The van der Waals surface area contributed by atoms with Gasteiger partial charge in [0, 0.05) is 26.4 Å². The van der Waals surface area contributed by atoms with E-state index in [9.17, 15) is 18.0 Å². The maximum Gasteiger partial charge on any atom is 0.251 e. The first-order valence-corrected chi connectivity index (χ1v) is 10.1. The van der Waals surface area contributed by atoms with Crippen LogP contribution in [0.25, 0.3) is 0 Å². The van der Waals surface area contributed by atoms with E-state index < -0.39 is 15.6 Å². The molecule has 0 saturated carbocycles. The Bertz CT molecular complexity index is 963. The smallest absolute Gasteiger partial charge is 0.251 e. The molecule has 0 spiro atoms. The van der Waals surface area contributed by atoms with Crippen LogP contribution in [0.4, 0.5) is 0 Å². The van der Waals surface area contributed by atoms with Crippen LogP contribution in [0.2, 0.25) is 0 Å². The van der Waals surface area contributed by atoms with Gasteiger partial charge in [-0.1, -0.05) is 36.8 Å². The fourth-order valence-electron chi connectivity index (χ4n) is 2.61. The van der Waals surface area contributed by atoms with E-state index in [1.54, 1.807) is 0 Å². The second-order valence-corrected chi connectivity index (χ2v) is 8.71. The number of carbonyl (C=O) groups excluding carboxylic acids is 1. The molecule has 7 nitrogen and oxygen atoms in total. The van der Waals surface area contributed by atoms with Crippen LogP contribution in [0.1, 0.15) is 30.5 Å². The number of carbonyl (C=O) groups is 1. The molecule has 1 amide bonds. The van der Waals surface area contributed by atoms with Gasteiger partial charge in [0.15, 0.2) is 0 Å². The number of hydrogen-bond acceptors (Lipinski definition) is 4. The molecule has 1 aromatic heterocycles. The van der Waals surface area contributed by atoms with Crippen LogP contribution < -0.4 is 10.9 Å². The quantitative estimate of drug-likeness (QED) is 0.778. The van der Waals surface area contributed by atoms with Crippen molar-refractivity contribution in [1.29, 1.82) is 0 Å². The van der Waals surface area contributed by atoms with Crippen molar-refractivity contribution in [3.8, 4) is 0 Å². The van der Waals surface area contributed by atoms with Gasteiger partial charge in [-0.2, -0.15) is 0 Å². The van der Waals surface area contributed by atoms with E-state index in [0.717, 1.165) is 26.1 Å². The molecule has 0 radical (unpaired) electrons. The minimum absolute atomic E-state index is 0.0366. The first-order chi connectivity index (χ1) is 12.6. The number of benzene rings is 1. The molecule has 0 bridgehead atoms. The summed E-state index contributed by atoms with van der Waals surface area (Å²) in [6.45, 7) is 3.70. The summed E-state index contributed by atoms with van der Waals surface area (Å²) in [5.74, 6) is -0.357. The molecule has 0 aliphatic rings. The van der Waals surface area contributed by atoms with Crippen molar-refractivity contribution in [3.05, 3.63) is 64.1 Å². The molecule has 2 aromatic rings. The van der Waals surface area contributed by atoms with Crippen molar-refractivity contribution in [3.63, 3.8) is 0 Å². The number of aromatic nitrogens is 1. The van der Waals surface area contributed by atoms with Gasteiger partial charge in [-0.25, -0.2) is 12.7 Å². The number of sulfonamides is 1. The number of nitrogens with one attached hydrogen (secondary N) is 1. The third-order valence-corrected chi connectivity index (χ3v) is 6.07. The first-order valence-electron chi connectivity index (χ1n) is 8.64. The van der Waals surface area contributed by atoms with Crippen molar-refractivity contribution < 1.29 is 13.2 Å². The molecule has 0 unspecified atom stereocenters. The summed E-state index contributed by atoms with van der Waals surface area (Å²) in [6, 6.07) is 10.1. The minimum atomic E-state index is -3.68. The maximum atomic E-state index is 12.4. The van der Waals surface area contributed by atoms with Gasteiger partial charge >= 0.3 is 0 Å². The highest BCUT2D eigenvalue weighted by atomic mass is 32.2. The highest BCUT2D eigenvalue weighted by molar-refractivity contribution is 7.89. The average molecular weight is 391 g/mol. The molecular formula is C19H25N3O4S. The third kappa shape index (κ3) is 5.05. The third-order valence-electron chi connectivity index (χ3n) is 4.27. The molecule has 2 rings (SSSR count). The van der Waals surface area contributed by atoms with Crippen molar-refractivity contribution in [1.82, 2.24) is 14.2 Å². The van der Waals surface area contributed by atoms with Crippen LogP contribution in [0, 0.1) is 6.92 Å². The summed E-state index contributed by atoms with van der Waals surface area (Å²) in [7, 11) is -0.870. The lowest BCUT2D eigenvalue weighted by molar-refractivity contribution is -0.122. The van der Waals surface area contributed by atoms with E-state index in [2.05, 4.69) is 5.32 Å². The molecule has 1 N–H and O–H groups in total. The van der Waals surface area contributed by atoms with Gasteiger partial charge in [0.1, 0.15) is 6.54 Å². The Morgan fingerprint density at radius 1 is 1.15 bits per heavy atom. The molecule has 146 valence electrons. The number of amides is 1. The number of rotatable bonds is 7. The SMILES string of the molecule is CC[C@H](NC(=O)Cn1cc(S(=O)(=O)N(C)C)ccc1=O)c1ccc(C)cc1. The number of pyridine rings is 1. The lowest BCUT2D eigenvalue weighted by Gasteiger charge is -2.18. The monoisotopic (exact) mass is 391 g/mol. The van der Waals surface area contributed by atoms with Crippen LogP contribution in [0.3, 0.4) is 0 Å². The molecule has 1 heterocycles. The largest absolute Gasteiger partial charge is 0.348 e. The maximum absolute atomic E-state index is 12.4. The molecule has 27 heavy (non-hydrogen) atoms. The molecule has 0 saturated heterocycles. The Kier molecular flexibility index (Phi) is 6.56. The van der Waals surface area contributed by atoms with Gasteiger partial charge in [-0.05, 0) is 25.0 Å². The standard InChI is InChI=1S/C19H25N3O4S/c1-5-17(15-8-6-14(2)7-9-15)20-18(23)13-22-12-16(10-11-19(22)24)27(25,26)21(3)4/h6-12,17H,5,13H2,1-4H3,(H,20,23)/t17-/m0/s1. The minimum Gasteiger partial charge on any atom is -0.348 e. The number of hydrogen-bond donors (Lipinski definition) is 1. The van der Waals surface area contributed by atoms with Gasteiger partial charge in [-0.15, -0.1) is 0 Å². The summed E-state index contributed by atoms with van der Waals surface area (Å²) in [4.78, 5) is 24.4. The van der Waals surface area contributed by atoms with Crippen molar-refractivity contribution in [2.75, 3.05) is 14.1 Å². The highest BCUT2D eigenvalue weighted by Gasteiger charge is 2.19. The van der Waals surface area contributed by atoms with Crippen LogP contribution in [0.5, 0.6) is 0 Å². The highest BCUT2D eigenvalue weighted by Crippen LogP contribution is 2.17. The summed E-state index contributed by atoms with van der Waals surface area (Å²) >= 11 is 0. The van der Waals surface area contributed by atoms with Gasteiger partial charge in [0.2, 0.25) is 15.9 Å². The van der Waals surface area contributed by atoms with Crippen molar-refractivity contribution >= 4 is 15.9 Å². The van der Waals surface area contributed by atoms with E-state index in [0.29, 0.717) is 6.42 Å². The molecular weight excluding hydrogens is 366 g/mol. The number of nitrogens with zero attached hydrogens (tertiary/aromatic N) is 2. The van der Waals surface area contributed by atoms with E-state index in [1.807, 2.05) is 38.1 Å². The van der Waals surface area contributed by atoms with Crippen LogP contribution >= 0.6 is 0 Å². The molecule has 0 fully saturated rings. The van der Waals surface area contributed by atoms with Gasteiger partial charge in [0.25, 0.3) is 5.56 Å². The summed E-state index contributed by atoms with van der Waals surface area (Å²) < 4.78 is 26.6. The Morgan fingerprint density at radius 3 is 2.33 bits per heavy atom. The second-order valence-electron chi connectivity index (χ2n) is 6.56. The predicted octanol–water partition coefficient (Wildman–Crippen LogP) is 1.67. The van der Waals surface area contributed by atoms with Gasteiger partial charge in [0.05, 0.1) is 10.9 Å². The second kappa shape index (κ2) is 8.49. The Hall–Kier alpha value is -2.45. The molecule has 1 atom stereocenters. The fraction of sp³-hybridized carbons (Fsp3) is 0.368. The summed E-state index contributed by atoms with van der Waals surface area (Å²) in [5.41, 5.74) is 1.67. The Balaban J connectivity index is 2.19. The number of aryl methyl sites for hydroxylation is 1. The lowest BCUT2D eigenvalue weighted by Crippen LogP contribution is -2.35. The zero-order valence-corrected chi connectivity index (χ0v) is 16.8.